The third-order valence-corrected chi connectivity index (χ3v) is 2.23. The standard InChI is InChI=1S/C11H23NO2/c1-8(2)5-6-9(3)12-10(4)7-11(13)14/h8-10,12H,5-7H2,1-4H3,(H,13,14). The number of carbonyl (C=O) groups is 1. The van der Waals surface area contributed by atoms with E-state index in [1.165, 1.54) is 6.42 Å². The summed E-state index contributed by atoms with van der Waals surface area (Å²) in [7, 11) is 0. The Bertz CT molecular complexity index is 169. The van der Waals surface area contributed by atoms with E-state index >= 15 is 0 Å². The van der Waals surface area contributed by atoms with Crippen LogP contribution in [0.4, 0.5) is 0 Å². The zero-order valence-corrected chi connectivity index (χ0v) is 9.71. The first kappa shape index (κ1) is 13.4. The number of carboxylic acid groups (broad SMARTS) is 1. The summed E-state index contributed by atoms with van der Waals surface area (Å²) >= 11 is 0. The molecule has 0 aromatic rings. The van der Waals surface area contributed by atoms with Crippen LogP contribution in [0.2, 0.25) is 0 Å². The first-order valence-corrected chi connectivity index (χ1v) is 5.39. The maximum atomic E-state index is 10.4. The Kier molecular flexibility index (Phi) is 6.54. The predicted molar refractivity (Wildman–Crippen MR) is 58.4 cm³/mol. The molecule has 3 heteroatoms. The molecule has 14 heavy (non-hydrogen) atoms. The molecular weight excluding hydrogens is 178 g/mol. The Hall–Kier alpha value is -0.570. The minimum atomic E-state index is -0.735. The smallest absolute Gasteiger partial charge is 0.304 e. The van der Waals surface area contributed by atoms with Crippen molar-refractivity contribution in [2.45, 2.75) is 59.0 Å². The maximum Gasteiger partial charge on any atom is 0.304 e. The van der Waals surface area contributed by atoms with Crippen LogP contribution < -0.4 is 5.32 Å². The molecule has 0 bridgehead atoms. The summed E-state index contributed by atoms with van der Waals surface area (Å²) in [6.07, 6.45) is 2.50. The van der Waals surface area contributed by atoms with E-state index < -0.39 is 5.97 Å². The van der Waals surface area contributed by atoms with E-state index in [2.05, 4.69) is 26.1 Å². The van der Waals surface area contributed by atoms with Crippen molar-refractivity contribution >= 4 is 5.97 Å². The fourth-order valence-corrected chi connectivity index (χ4v) is 1.47. The second-order valence-corrected chi connectivity index (χ2v) is 4.54. The van der Waals surface area contributed by atoms with Gasteiger partial charge in [0.15, 0.2) is 0 Å². The van der Waals surface area contributed by atoms with Gasteiger partial charge in [-0.25, -0.2) is 0 Å². The number of carboxylic acids is 1. The van der Waals surface area contributed by atoms with Crippen molar-refractivity contribution in [1.29, 1.82) is 0 Å². The van der Waals surface area contributed by atoms with Gasteiger partial charge in [0.05, 0.1) is 6.42 Å². The van der Waals surface area contributed by atoms with Crippen molar-refractivity contribution in [3.63, 3.8) is 0 Å². The third-order valence-electron chi connectivity index (χ3n) is 2.23. The fourth-order valence-electron chi connectivity index (χ4n) is 1.47. The first-order valence-electron chi connectivity index (χ1n) is 5.39. The Labute approximate surface area is 86.9 Å². The van der Waals surface area contributed by atoms with E-state index in [0.29, 0.717) is 12.0 Å². The normalized spacial score (nSPS) is 15.5. The van der Waals surface area contributed by atoms with Crippen molar-refractivity contribution in [3.8, 4) is 0 Å². The van der Waals surface area contributed by atoms with E-state index in [-0.39, 0.29) is 12.5 Å². The van der Waals surface area contributed by atoms with Gasteiger partial charge in [0.2, 0.25) is 0 Å². The summed E-state index contributed by atoms with van der Waals surface area (Å²) < 4.78 is 0. The molecule has 3 nitrogen and oxygen atoms in total. The van der Waals surface area contributed by atoms with Crippen LogP contribution in [0.3, 0.4) is 0 Å². The maximum absolute atomic E-state index is 10.4. The summed E-state index contributed by atoms with van der Waals surface area (Å²) in [6, 6.07) is 0.474. The lowest BCUT2D eigenvalue weighted by molar-refractivity contribution is -0.137. The molecule has 0 aliphatic rings. The highest BCUT2D eigenvalue weighted by molar-refractivity contribution is 5.67. The quantitative estimate of drug-likeness (QED) is 0.664. The van der Waals surface area contributed by atoms with Gasteiger partial charge in [-0.2, -0.15) is 0 Å². The molecule has 0 aromatic heterocycles. The second kappa shape index (κ2) is 6.82. The van der Waals surface area contributed by atoms with Gasteiger partial charge in [0, 0.05) is 12.1 Å². The Morgan fingerprint density at radius 3 is 2.14 bits per heavy atom. The monoisotopic (exact) mass is 201 g/mol. The van der Waals surface area contributed by atoms with Crippen LogP contribution in [0.1, 0.15) is 47.0 Å². The molecule has 0 heterocycles. The number of hydrogen-bond acceptors (Lipinski definition) is 2. The van der Waals surface area contributed by atoms with Gasteiger partial charge in [0.1, 0.15) is 0 Å². The van der Waals surface area contributed by atoms with Crippen molar-refractivity contribution in [1.82, 2.24) is 5.32 Å². The van der Waals surface area contributed by atoms with Crippen LogP contribution in [-0.4, -0.2) is 23.2 Å². The van der Waals surface area contributed by atoms with Crippen LogP contribution in [0.5, 0.6) is 0 Å². The molecule has 84 valence electrons. The average Bonchev–Trinajstić information content (AvgIpc) is 1.98. The number of nitrogens with one attached hydrogen (secondary N) is 1. The molecular formula is C11H23NO2. The first-order chi connectivity index (χ1) is 6.41. The van der Waals surface area contributed by atoms with E-state index in [9.17, 15) is 4.79 Å². The van der Waals surface area contributed by atoms with Gasteiger partial charge >= 0.3 is 5.97 Å². The van der Waals surface area contributed by atoms with Gasteiger partial charge in [-0.05, 0) is 32.6 Å². The molecule has 2 N–H and O–H groups in total. The molecule has 0 aliphatic heterocycles. The molecule has 0 spiro atoms. The molecule has 2 atom stereocenters. The van der Waals surface area contributed by atoms with Crippen molar-refractivity contribution in [2.75, 3.05) is 0 Å². The summed E-state index contributed by atoms with van der Waals surface area (Å²) in [5.74, 6) is -0.0184. The Balaban J connectivity index is 3.59. The number of aliphatic carboxylic acids is 1. The van der Waals surface area contributed by atoms with E-state index in [0.717, 1.165) is 6.42 Å². The average molecular weight is 201 g/mol. The molecule has 0 aliphatic carbocycles. The van der Waals surface area contributed by atoms with Gasteiger partial charge in [-0.3, -0.25) is 4.79 Å². The highest BCUT2D eigenvalue weighted by Crippen LogP contribution is 2.07. The van der Waals surface area contributed by atoms with Gasteiger partial charge in [-0.1, -0.05) is 13.8 Å². The largest absolute Gasteiger partial charge is 0.481 e. The van der Waals surface area contributed by atoms with Crippen LogP contribution in [0.25, 0.3) is 0 Å². The van der Waals surface area contributed by atoms with Crippen molar-refractivity contribution < 1.29 is 9.90 Å². The van der Waals surface area contributed by atoms with Crippen LogP contribution in [0.15, 0.2) is 0 Å². The minimum Gasteiger partial charge on any atom is -0.481 e. The molecule has 0 amide bonds. The second-order valence-electron chi connectivity index (χ2n) is 4.54. The lowest BCUT2D eigenvalue weighted by atomic mass is 10.0. The Morgan fingerprint density at radius 2 is 1.71 bits per heavy atom. The van der Waals surface area contributed by atoms with Crippen LogP contribution in [0, 0.1) is 5.92 Å². The van der Waals surface area contributed by atoms with Gasteiger partial charge < -0.3 is 10.4 Å². The number of hydrogen-bond donors (Lipinski definition) is 2. The topological polar surface area (TPSA) is 49.3 Å². The highest BCUT2D eigenvalue weighted by atomic mass is 16.4. The molecule has 0 fully saturated rings. The van der Waals surface area contributed by atoms with Gasteiger partial charge in [0.25, 0.3) is 0 Å². The zero-order valence-electron chi connectivity index (χ0n) is 9.71. The van der Waals surface area contributed by atoms with E-state index in [1.807, 2.05) is 6.92 Å². The molecule has 0 saturated heterocycles. The predicted octanol–water partition coefficient (Wildman–Crippen LogP) is 2.26. The summed E-state index contributed by atoms with van der Waals surface area (Å²) in [6.45, 7) is 8.43. The van der Waals surface area contributed by atoms with E-state index in [1.54, 1.807) is 0 Å². The van der Waals surface area contributed by atoms with Crippen LogP contribution in [-0.2, 0) is 4.79 Å². The van der Waals surface area contributed by atoms with Crippen molar-refractivity contribution in [2.24, 2.45) is 5.92 Å². The summed E-state index contributed by atoms with van der Waals surface area (Å²) in [4.78, 5) is 10.4. The number of rotatable bonds is 7. The molecule has 2 unspecified atom stereocenters. The third kappa shape index (κ3) is 8.05. The van der Waals surface area contributed by atoms with E-state index in [4.69, 9.17) is 5.11 Å². The minimum absolute atomic E-state index is 0.0645. The summed E-state index contributed by atoms with van der Waals surface area (Å²) in [5, 5.41) is 11.9. The highest BCUT2D eigenvalue weighted by Gasteiger charge is 2.10. The van der Waals surface area contributed by atoms with Gasteiger partial charge in [-0.15, -0.1) is 0 Å². The zero-order chi connectivity index (χ0) is 11.1. The summed E-state index contributed by atoms with van der Waals surface area (Å²) in [5.41, 5.74) is 0. The lowest BCUT2D eigenvalue weighted by Crippen LogP contribution is -2.36. The van der Waals surface area contributed by atoms with Crippen molar-refractivity contribution in [3.05, 3.63) is 0 Å². The lowest BCUT2D eigenvalue weighted by Gasteiger charge is -2.19. The molecule has 0 radical (unpaired) electrons. The Morgan fingerprint density at radius 1 is 1.14 bits per heavy atom. The van der Waals surface area contributed by atoms with Crippen LogP contribution >= 0.6 is 0 Å². The molecule has 0 saturated carbocycles. The fraction of sp³-hybridized carbons (Fsp3) is 0.909. The SMILES string of the molecule is CC(C)CCC(C)NC(C)CC(=O)O. The molecule has 0 rings (SSSR count). The molecule has 0 aromatic carbocycles.